The van der Waals surface area contributed by atoms with Crippen LogP contribution < -0.4 is 0 Å². The van der Waals surface area contributed by atoms with Crippen LogP contribution >= 0.6 is 0 Å². The number of hydrogen-bond donors (Lipinski definition) is 1. The van der Waals surface area contributed by atoms with Crippen LogP contribution in [0.15, 0.2) is 30.3 Å². The van der Waals surface area contributed by atoms with Crippen molar-refractivity contribution in [1.82, 2.24) is 0 Å². The van der Waals surface area contributed by atoms with Crippen LogP contribution in [-0.2, 0) is 4.79 Å². The lowest BCUT2D eigenvalue weighted by atomic mass is 9.89. The topological polar surface area (TPSA) is 37.3 Å². The van der Waals surface area contributed by atoms with E-state index in [0.29, 0.717) is 5.92 Å². The fraction of sp³-hybridized carbons (Fsp3) is 0.667. The van der Waals surface area contributed by atoms with Crippen LogP contribution in [-0.4, -0.2) is 11.1 Å². The van der Waals surface area contributed by atoms with Gasteiger partial charge in [0.25, 0.3) is 0 Å². The van der Waals surface area contributed by atoms with Crippen LogP contribution in [0.4, 0.5) is 0 Å². The summed E-state index contributed by atoms with van der Waals surface area (Å²) in [5, 5.41) is 8.94. The van der Waals surface area contributed by atoms with Crippen molar-refractivity contribution in [3.05, 3.63) is 35.9 Å². The Labute approximate surface area is 142 Å². The molecule has 0 spiro atoms. The van der Waals surface area contributed by atoms with Crippen molar-refractivity contribution in [2.24, 2.45) is 0 Å². The van der Waals surface area contributed by atoms with Crippen molar-refractivity contribution in [2.45, 2.75) is 89.9 Å². The molecule has 2 heteroatoms. The highest BCUT2D eigenvalue weighted by Crippen LogP contribution is 2.27. The molecule has 0 saturated heterocycles. The molecule has 0 fully saturated rings. The molecule has 1 N–H and O–H groups in total. The molecule has 0 bridgehead atoms. The van der Waals surface area contributed by atoms with E-state index in [1.165, 1.54) is 63.4 Å². The van der Waals surface area contributed by atoms with E-state index in [1.54, 1.807) is 0 Å². The average Bonchev–Trinajstić information content (AvgIpc) is 2.56. The number of benzene rings is 1. The molecule has 0 heterocycles. The zero-order valence-electron chi connectivity index (χ0n) is 14.8. The van der Waals surface area contributed by atoms with Crippen LogP contribution in [0.5, 0.6) is 0 Å². The summed E-state index contributed by atoms with van der Waals surface area (Å²) in [4.78, 5) is 10.9. The van der Waals surface area contributed by atoms with E-state index >= 15 is 0 Å². The van der Waals surface area contributed by atoms with Gasteiger partial charge >= 0.3 is 5.97 Å². The highest BCUT2D eigenvalue weighted by atomic mass is 16.4. The lowest BCUT2D eigenvalue weighted by Gasteiger charge is -2.16. The van der Waals surface area contributed by atoms with Gasteiger partial charge in [-0.05, 0) is 24.3 Å². The van der Waals surface area contributed by atoms with Gasteiger partial charge in [0.1, 0.15) is 0 Å². The minimum atomic E-state index is -0.682. The number of carbonyl (C=O) groups is 1. The molecule has 2 nitrogen and oxygen atoms in total. The van der Waals surface area contributed by atoms with E-state index in [-0.39, 0.29) is 6.42 Å². The normalized spacial score (nSPS) is 12.2. The molecule has 0 aliphatic carbocycles. The van der Waals surface area contributed by atoms with Crippen molar-refractivity contribution >= 4 is 5.97 Å². The van der Waals surface area contributed by atoms with E-state index in [1.807, 2.05) is 6.07 Å². The van der Waals surface area contributed by atoms with Crippen LogP contribution in [0.2, 0.25) is 0 Å². The minimum absolute atomic E-state index is 0.275. The molecule has 0 aromatic heterocycles. The van der Waals surface area contributed by atoms with Crippen LogP contribution in [0.1, 0.15) is 95.5 Å². The van der Waals surface area contributed by atoms with E-state index < -0.39 is 5.97 Å². The first-order valence-electron chi connectivity index (χ1n) is 9.50. The van der Waals surface area contributed by atoms with Gasteiger partial charge in [-0.2, -0.15) is 0 Å². The van der Waals surface area contributed by atoms with E-state index in [4.69, 9.17) is 5.11 Å². The summed E-state index contributed by atoms with van der Waals surface area (Å²) in [5.41, 5.74) is 1.30. The fourth-order valence-electron chi connectivity index (χ4n) is 3.20. The largest absolute Gasteiger partial charge is 0.481 e. The van der Waals surface area contributed by atoms with E-state index in [2.05, 4.69) is 31.2 Å². The average molecular weight is 319 g/mol. The molecule has 23 heavy (non-hydrogen) atoms. The molecule has 0 amide bonds. The van der Waals surface area contributed by atoms with Crippen molar-refractivity contribution in [3.8, 4) is 0 Å². The van der Waals surface area contributed by atoms with Crippen molar-refractivity contribution in [3.63, 3.8) is 0 Å². The molecule has 1 atom stereocenters. The highest BCUT2D eigenvalue weighted by molar-refractivity contribution is 5.66. The number of aliphatic carboxylic acids is 1. The predicted octanol–water partition coefficient (Wildman–Crippen LogP) is 6.56. The standard InChI is InChI=1S/C21H34O2/c1-2-3-4-5-6-7-8-9-11-16-20(17-18-21(22)23)19-14-12-10-13-15-19/h10,12-15,20H,2-9,11,16-18H2,1H3,(H,22,23). The number of rotatable bonds is 14. The van der Waals surface area contributed by atoms with Gasteiger partial charge in [0.15, 0.2) is 0 Å². The molecule has 0 aliphatic heterocycles. The SMILES string of the molecule is CCCCCCCCCCCC(CCC(=O)O)c1ccccc1. The Morgan fingerprint density at radius 1 is 0.870 bits per heavy atom. The molecule has 1 aromatic rings. The first-order valence-corrected chi connectivity index (χ1v) is 9.50. The number of hydrogen-bond acceptors (Lipinski definition) is 1. The fourth-order valence-corrected chi connectivity index (χ4v) is 3.20. The Hall–Kier alpha value is -1.31. The molecule has 0 saturated carbocycles. The third kappa shape index (κ3) is 10.1. The number of carboxylic acids is 1. The Balaban J connectivity index is 2.20. The van der Waals surface area contributed by atoms with Crippen LogP contribution in [0.25, 0.3) is 0 Å². The van der Waals surface area contributed by atoms with Gasteiger partial charge in [-0.1, -0.05) is 95.0 Å². The van der Waals surface area contributed by atoms with E-state index in [0.717, 1.165) is 12.8 Å². The van der Waals surface area contributed by atoms with Crippen LogP contribution in [0, 0.1) is 0 Å². The third-order valence-corrected chi connectivity index (χ3v) is 4.63. The van der Waals surface area contributed by atoms with Gasteiger partial charge in [-0.15, -0.1) is 0 Å². The maximum atomic E-state index is 10.9. The Bertz CT molecular complexity index is 400. The molecule has 1 aromatic carbocycles. The summed E-state index contributed by atoms with van der Waals surface area (Å²) in [6.45, 7) is 2.26. The first kappa shape index (κ1) is 19.7. The van der Waals surface area contributed by atoms with Gasteiger partial charge in [0.05, 0.1) is 0 Å². The van der Waals surface area contributed by atoms with Crippen molar-refractivity contribution in [2.75, 3.05) is 0 Å². The Kier molecular flexibility index (Phi) is 11.3. The number of carboxylic acid groups (broad SMARTS) is 1. The summed E-state index contributed by atoms with van der Waals surface area (Å²) < 4.78 is 0. The lowest BCUT2D eigenvalue weighted by molar-refractivity contribution is -0.137. The maximum absolute atomic E-state index is 10.9. The Morgan fingerprint density at radius 3 is 2.00 bits per heavy atom. The van der Waals surface area contributed by atoms with Crippen molar-refractivity contribution < 1.29 is 9.90 Å². The summed E-state index contributed by atoms with van der Waals surface area (Å²) in [6.07, 6.45) is 14.2. The quantitative estimate of drug-likeness (QED) is 0.395. The van der Waals surface area contributed by atoms with Gasteiger partial charge in [0.2, 0.25) is 0 Å². The Morgan fingerprint density at radius 2 is 1.43 bits per heavy atom. The summed E-state index contributed by atoms with van der Waals surface area (Å²) in [7, 11) is 0. The van der Waals surface area contributed by atoms with Gasteiger partial charge in [-0.25, -0.2) is 0 Å². The molecule has 1 rings (SSSR count). The second kappa shape index (κ2) is 13.2. The second-order valence-electron chi connectivity index (χ2n) is 6.66. The first-order chi connectivity index (χ1) is 11.2. The smallest absolute Gasteiger partial charge is 0.303 e. The molecule has 0 aliphatic rings. The van der Waals surface area contributed by atoms with Gasteiger partial charge in [-0.3, -0.25) is 4.79 Å². The zero-order valence-corrected chi connectivity index (χ0v) is 14.8. The zero-order chi connectivity index (χ0) is 16.8. The highest BCUT2D eigenvalue weighted by Gasteiger charge is 2.12. The monoisotopic (exact) mass is 318 g/mol. The van der Waals surface area contributed by atoms with Gasteiger partial charge in [0, 0.05) is 6.42 Å². The lowest BCUT2D eigenvalue weighted by Crippen LogP contribution is -2.03. The van der Waals surface area contributed by atoms with Crippen LogP contribution in [0.3, 0.4) is 0 Å². The van der Waals surface area contributed by atoms with Gasteiger partial charge < -0.3 is 5.11 Å². The molecule has 0 radical (unpaired) electrons. The summed E-state index contributed by atoms with van der Waals surface area (Å²) in [6, 6.07) is 10.4. The summed E-state index contributed by atoms with van der Waals surface area (Å²) >= 11 is 0. The minimum Gasteiger partial charge on any atom is -0.481 e. The predicted molar refractivity (Wildman–Crippen MR) is 97.9 cm³/mol. The molecule has 130 valence electrons. The second-order valence-corrected chi connectivity index (χ2v) is 6.66. The molecular weight excluding hydrogens is 284 g/mol. The molecular formula is C21H34O2. The maximum Gasteiger partial charge on any atom is 0.303 e. The van der Waals surface area contributed by atoms with E-state index in [9.17, 15) is 4.79 Å². The summed E-state index contributed by atoms with van der Waals surface area (Å²) in [5.74, 6) is -0.283. The molecule has 1 unspecified atom stereocenters. The van der Waals surface area contributed by atoms with Crippen molar-refractivity contribution in [1.29, 1.82) is 0 Å². The third-order valence-electron chi connectivity index (χ3n) is 4.63. The number of unbranched alkanes of at least 4 members (excludes halogenated alkanes) is 8.